The highest BCUT2D eigenvalue weighted by Crippen LogP contribution is 2.02. The summed E-state index contributed by atoms with van der Waals surface area (Å²) in [6.45, 7) is 0. The van der Waals surface area contributed by atoms with Crippen LogP contribution in [0.2, 0.25) is 0 Å². The van der Waals surface area contributed by atoms with Crippen molar-refractivity contribution in [1.29, 1.82) is 10.7 Å². The molecule has 0 bridgehead atoms. The van der Waals surface area contributed by atoms with Gasteiger partial charge in [-0.25, -0.2) is 0 Å². The standard InChI is InChI=1S/C7H6N4/c8-3-5-1-2-11-4-6(5)7(9)10/h1-2,4H,(H3,9,10). The monoisotopic (exact) mass is 146 g/mol. The van der Waals surface area contributed by atoms with Gasteiger partial charge < -0.3 is 5.73 Å². The molecule has 1 rings (SSSR count). The van der Waals surface area contributed by atoms with Gasteiger partial charge in [0.25, 0.3) is 0 Å². The fourth-order valence-corrected chi connectivity index (χ4v) is 0.707. The third kappa shape index (κ3) is 1.33. The summed E-state index contributed by atoms with van der Waals surface area (Å²) in [5.41, 5.74) is 5.95. The molecule has 0 radical (unpaired) electrons. The Morgan fingerprint density at radius 3 is 2.91 bits per heavy atom. The van der Waals surface area contributed by atoms with Crippen LogP contribution in [0.4, 0.5) is 0 Å². The first-order chi connectivity index (χ1) is 5.25. The molecular formula is C7H6N4. The largest absolute Gasteiger partial charge is 0.384 e. The first-order valence-electron chi connectivity index (χ1n) is 2.94. The molecular weight excluding hydrogens is 140 g/mol. The maximum atomic E-state index is 8.54. The van der Waals surface area contributed by atoms with Crippen LogP contribution in [0.15, 0.2) is 18.5 Å². The summed E-state index contributed by atoms with van der Waals surface area (Å²) < 4.78 is 0. The van der Waals surface area contributed by atoms with E-state index in [9.17, 15) is 0 Å². The highest BCUT2D eigenvalue weighted by molar-refractivity contribution is 5.96. The molecule has 1 aromatic rings. The Hall–Kier alpha value is -1.89. The molecule has 54 valence electrons. The van der Waals surface area contributed by atoms with Crippen LogP contribution in [0.1, 0.15) is 11.1 Å². The molecule has 0 aromatic carbocycles. The highest BCUT2D eigenvalue weighted by Gasteiger charge is 2.02. The smallest absolute Gasteiger partial charge is 0.125 e. The molecule has 0 atom stereocenters. The van der Waals surface area contributed by atoms with E-state index in [1.807, 2.05) is 6.07 Å². The van der Waals surface area contributed by atoms with Crippen LogP contribution in [-0.4, -0.2) is 10.8 Å². The van der Waals surface area contributed by atoms with Crippen LogP contribution in [-0.2, 0) is 0 Å². The van der Waals surface area contributed by atoms with Crippen molar-refractivity contribution in [3.8, 4) is 6.07 Å². The number of hydrogen-bond donors (Lipinski definition) is 2. The van der Waals surface area contributed by atoms with Gasteiger partial charge in [0.2, 0.25) is 0 Å². The Kier molecular flexibility index (Phi) is 1.83. The van der Waals surface area contributed by atoms with Crippen LogP contribution in [0.25, 0.3) is 0 Å². The fourth-order valence-electron chi connectivity index (χ4n) is 0.707. The predicted octanol–water partition coefficient (Wildman–Crippen LogP) is 0.237. The minimum absolute atomic E-state index is 0.130. The second-order valence-electron chi connectivity index (χ2n) is 1.95. The number of hydrogen-bond acceptors (Lipinski definition) is 3. The van der Waals surface area contributed by atoms with E-state index in [2.05, 4.69) is 4.98 Å². The number of nitrogens with one attached hydrogen (secondary N) is 1. The van der Waals surface area contributed by atoms with E-state index in [1.54, 1.807) is 0 Å². The van der Waals surface area contributed by atoms with Crippen LogP contribution in [0.5, 0.6) is 0 Å². The van der Waals surface area contributed by atoms with Gasteiger partial charge in [0.15, 0.2) is 0 Å². The Morgan fingerprint density at radius 2 is 2.45 bits per heavy atom. The van der Waals surface area contributed by atoms with Crippen molar-refractivity contribution in [2.24, 2.45) is 5.73 Å². The lowest BCUT2D eigenvalue weighted by molar-refractivity contribution is 1.28. The van der Waals surface area contributed by atoms with Gasteiger partial charge in [0.1, 0.15) is 11.9 Å². The summed E-state index contributed by atoms with van der Waals surface area (Å²) in [6, 6.07) is 3.44. The summed E-state index contributed by atoms with van der Waals surface area (Å²) in [4.78, 5) is 3.74. The normalized spacial score (nSPS) is 8.64. The van der Waals surface area contributed by atoms with Crippen molar-refractivity contribution in [3.05, 3.63) is 29.6 Å². The van der Waals surface area contributed by atoms with Gasteiger partial charge in [-0.3, -0.25) is 10.4 Å². The van der Waals surface area contributed by atoms with Crippen LogP contribution < -0.4 is 5.73 Å². The first-order valence-corrected chi connectivity index (χ1v) is 2.94. The maximum absolute atomic E-state index is 8.54. The molecule has 0 saturated heterocycles. The van der Waals surface area contributed by atoms with E-state index < -0.39 is 0 Å². The third-order valence-electron chi connectivity index (χ3n) is 1.23. The van der Waals surface area contributed by atoms with Gasteiger partial charge in [-0.1, -0.05) is 0 Å². The lowest BCUT2D eigenvalue weighted by Crippen LogP contribution is -2.13. The number of nitrogens with zero attached hydrogens (tertiary/aromatic N) is 2. The van der Waals surface area contributed by atoms with Crippen molar-refractivity contribution < 1.29 is 0 Å². The molecule has 1 aromatic heterocycles. The average molecular weight is 146 g/mol. The molecule has 1 heterocycles. The first kappa shape index (κ1) is 7.22. The second-order valence-corrected chi connectivity index (χ2v) is 1.95. The molecule has 4 heteroatoms. The molecule has 11 heavy (non-hydrogen) atoms. The summed E-state index contributed by atoms with van der Waals surface area (Å²) in [6.07, 6.45) is 2.89. The molecule has 0 amide bonds. The number of nitrogen functional groups attached to an aromatic ring is 1. The van der Waals surface area contributed by atoms with Gasteiger partial charge in [-0.05, 0) is 6.07 Å². The average Bonchev–Trinajstić information content (AvgIpc) is 2.04. The zero-order chi connectivity index (χ0) is 8.27. The summed E-state index contributed by atoms with van der Waals surface area (Å²) >= 11 is 0. The van der Waals surface area contributed by atoms with E-state index in [4.69, 9.17) is 16.4 Å². The number of nitriles is 1. The lowest BCUT2D eigenvalue weighted by Gasteiger charge is -1.97. The fraction of sp³-hybridized carbons (Fsp3) is 0. The number of aromatic nitrogens is 1. The van der Waals surface area contributed by atoms with Crippen molar-refractivity contribution in [2.75, 3.05) is 0 Å². The van der Waals surface area contributed by atoms with Crippen molar-refractivity contribution in [1.82, 2.24) is 4.98 Å². The Balaban J connectivity index is 3.26. The molecule has 0 aliphatic rings. The topological polar surface area (TPSA) is 86.5 Å². The van der Waals surface area contributed by atoms with Gasteiger partial charge in [-0.2, -0.15) is 5.26 Å². The molecule has 0 aliphatic carbocycles. The van der Waals surface area contributed by atoms with E-state index >= 15 is 0 Å². The van der Waals surface area contributed by atoms with Crippen molar-refractivity contribution in [3.63, 3.8) is 0 Å². The van der Waals surface area contributed by atoms with Crippen LogP contribution >= 0.6 is 0 Å². The molecule has 0 spiro atoms. The zero-order valence-electron chi connectivity index (χ0n) is 5.70. The van der Waals surface area contributed by atoms with Gasteiger partial charge in [0, 0.05) is 12.4 Å². The number of nitrogens with two attached hydrogens (primary N) is 1. The van der Waals surface area contributed by atoms with Gasteiger partial charge in [-0.15, -0.1) is 0 Å². The van der Waals surface area contributed by atoms with Gasteiger partial charge in [0.05, 0.1) is 11.1 Å². The number of amidine groups is 1. The minimum Gasteiger partial charge on any atom is -0.384 e. The van der Waals surface area contributed by atoms with E-state index in [-0.39, 0.29) is 5.84 Å². The van der Waals surface area contributed by atoms with Crippen LogP contribution in [0, 0.1) is 16.7 Å². The summed E-state index contributed by atoms with van der Waals surface area (Å²) in [5, 5.41) is 15.6. The second kappa shape index (κ2) is 2.80. The van der Waals surface area contributed by atoms with E-state index in [0.717, 1.165) is 0 Å². The van der Waals surface area contributed by atoms with Crippen molar-refractivity contribution >= 4 is 5.84 Å². The summed E-state index contributed by atoms with van der Waals surface area (Å²) in [7, 11) is 0. The van der Waals surface area contributed by atoms with Gasteiger partial charge >= 0.3 is 0 Å². The van der Waals surface area contributed by atoms with Crippen molar-refractivity contribution in [2.45, 2.75) is 0 Å². The zero-order valence-corrected chi connectivity index (χ0v) is 5.70. The molecule has 0 fully saturated rings. The summed E-state index contributed by atoms with van der Waals surface area (Å²) in [5.74, 6) is -0.130. The molecule has 0 aliphatic heterocycles. The molecule has 0 saturated carbocycles. The highest BCUT2D eigenvalue weighted by atomic mass is 14.7. The third-order valence-corrected chi connectivity index (χ3v) is 1.23. The Bertz CT molecular complexity index is 323. The number of pyridine rings is 1. The lowest BCUT2D eigenvalue weighted by atomic mass is 10.1. The SMILES string of the molecule is N#Cc1ccncc1C(=N)N. The minimum atomic E-state index is -0.130. The Labute approximate surface area is 63.8 Å². The maximum Gasteiger partial charge on any atom is 0.125 e. The van der Waals surface area contributed by atoms with E-state index in [0.29, 0.717) is 11.1 Å². The molecule has 0 unspecified atom stereocenters. The molecule has 4 nitrogen and oxygen atoms in total. The quantitative estimate of drug-likeness (QED) is 0.439. The predicted molar refractivity (Wildman–Crippen MR) is 40.0 cm³/mol. The van der Waals surface area contributed by atoms with Crippen LogP contribution in [0.3, 0.4) is 0 Å². The Morgan fingerprint density at radius 1 is 1.73 bits per heavy atom. The van der Waals surface area contributed by atoms with E-state index in [1.165, 1.54) is 18.5 Å². The molecule has 3 N–H and O–H groups in total. The number of rotatable bonds is 1.